The number of esters is 1. The zero-order chi connectivity index (χ0) is 39.3. The number of sulfone groups is 1. The molecule has 1 aliphatic rings. The zero-order valence-corrected chi connectivity index (χ0v) is 28.6. The first-order valence-corrected chi connectivity index (χ1v) is 17.4. The fourth-order valence-electron chi connectivity index (χ4n) is 6.58. The Morgan fingerprint density at radius 1 is 0.833 bits per heavy atom. The molecule has 0 saturated carbocycles. The standard InChI is InChI=1S/C37H27F9N2O5S/c1-52-33(49)22-5-13-27(14-6-22)48-20-23-19-34(18-17-32(23)47-48,54(50,51)28-15-11-26(38)12-16-28)24-7-9-25(10-8-24)35(36(41,42)43,37(44,45)46)53-21-29-30(39)3-2-4-31(29)40/h2-16,20H,17-19,21H2,1H3. The molecule has 54 heavy (non-hydrogen) atoms. The molecule has 0 bridgehead atoms. The van der Waals surface area contributed by atoms with Crippen molar-refractivity contribution in [2.75, 3.05) is 7.11 Å². The van der Waals surface area contributed by atoms with Crippen molar-refractivity contribution in [2.24, 2.45) is 0 Å². The average Bonchev–Trinajstić information content (AvgIpc) is 3.55. The smallest absolute Gasteiger partial charge is 0.430 e. The molecule has 1 atom stereocenters. The minimum Gasteiger partial charge on any atom is -0.465 e. The first-order valence-electron chi connectivity index (χ1n) is 15.9. The van der Waals surface area contributed by atoms with Crippen LogP contribution in [0.2, 0.25) is 0 Å². The first kappa shape index (κ1) is 38.6. The maximum absolute atomic E-state index is 14.6. The van der Waals surface area contributed by atoms with E-state index in [-0.39, 0.29) is 35.3 Å². The summed E-state index contributed by atoms with van der Waals surface area (Å²) >= 11 is 0. The topological polar surface area (TPSA) is 87.5 Å². The molecular weight excluding hydrogens is 755 g/mol. The van der Waals surface area contributed by atoms with Gasteiger partial charge in [-0.1, -0.05) is 30.3 Å². The Labute approximate surface area is 301 Å². The van der Waals surface area contributed by atoms with Crippen LogP contribution < -0.4 is 0 Å². The fourth-order valence-corrected chi connectivity index (χ4v) is 8.69. The molecule has 1 unspecified atom stereocenters. The van der Waals surface area contributed by atoms with Crippen LogP contribution in [-0.2, 0) is 49.1 Å². The summed E-state index contributed by atoms with van der Waals surface area (Å²) in [5.74, 6) is -4.22. The molecule has 0 aliphatic heterocycles. The third-order valence-corrected chi connectivity index (χ3v) is 11.9. The van der Waals surface area contributed by atoms with Crippen LogP contribution in [0.3, 0.4) is 0 Å². The van der Waals surface area contributed by atoms with Gasteiger partial charge in [-0.3, -0.25) is 0 Å². The lowest BCUT2D eigenvalue weighted by Gasteiger charge is -2.39. The van der Waals surface area contributed by atoms with Gasteiger partial charge in [0.2, 0.25) is 0 Å². The second-order valence-electron chi connectivity index (χ2n) is 12.5. The van der Waals surface area contributed by atoms with Crippen molar-refractivity contribution in [3.8, 4) is 5.69 Å². The maximum atomic E-state index is 14.6. The number of alkyl halides is 6. The summed E-state index contributed by atoms with van der Waals surface area (Å²) in [6.07, 6.45) is -11.6. The Bertz CT molecular complexity index is 2250. The van der Waals surface area contributed by atoms with Crippen molar-refractivity contribution in [1.82, 2.24) is 9.78 Å². The van der Waals surface area contributed by atoms with Gasteiger partial charge < -0.3 is 9.47 Å². The van der Waals surface area contributed by atoms with Crippen LogP contribution in [0.15, 0.2) is 102 Å². The molecule has 0 spiro atoms. The molecule has 0 radical (unpaired) electrons. The van der Waals surface area contributed by atoms with Crippen LogP contribution in [-0.4, -0.2) is 43.6 Å². The molecule has 0 amide bonds. The molecule has 6 rings (SSSR count). The van der Waals surface area contributed by atoms with E-state index < -0.39 is 73.7 Å². The minimum absolute atomic E-state index is 0.0168. The van der Waals surface area contributed by atoms with Gasteiger partial charge in [0, 0.05) is 17.3 Å². The van der Waals surface area contributed by atoms with E-state index in [0.717, 1.165) is 42.5 Å². The highest BCUT2D eigenvalue weighted by Crippen LogP contribution is 2.54. The molecule has 0 N–H and O–H groups in total. The van der Waals surface area contributed by atoms with E-state index in [2.05, 4.69) is 9.84 Å². The van der Waals surface area contributed by atoms with Crippen LogP contribution in [0.4, 0.5) is 39.5 Å². The van der Waals surface area contributed by atoms with Crippen LogP contribution in [0, 0.1) is 17.5 Å². The Kier molecular flexibility index (Phi) is 9.94. The first-order chi connectivity index (χ1) is 25.3. The molecular formula is C37H27F9N2O5S. The second-order valence-corrected chi connectivity index (χ2v) is 14.7. The number of carbonyl (C=O) groups is 1. The number of aromatic nitrogens is 2. The number of ether oxygens (including phenoxy) is 2. The molecule has 17 heteroatoms. The summed E-state index contributed by atoms with van der Waals surface area (Å²) in [5, 5.41) is 4.54. The van der Waals surface area contributed by atoms with Crippen LogP contribution in [0.25, 0.3) is 5.69 Å². The van der Waals surface area contributed by atoms with Crippen LogP contribution in [0.1, 0.15) is 44.7 Å². The number of halogens is 9. The van der Waals surface area contributed by atoms with Crippen molar-refractivity contribution in [3.05, 3.63) is 148 Å². The fraction of sp³-hybridized carbons (Fsp3) is 0.243. The lowest BCUT2D eigenvalue weighted by atomic mass is 9.81. The lowest BCUT2D eigenvalue weighted by Crippen LogP contribution is -2.56. The average molecular weight is 783 g/mol. The van der Waals surface area contributed by atoms with E-state index >= 15 is 0 Å². The molecule has 284 valence electrons. The molecule has 4 aromatic carbocycles. The Balaban J connectivity index is 1.45. The number of hydrogen-bond acceptors (Lipinski definition) is 6. The largest absolute Gasteiger partial charge is 0.465 e. The number of hydrogen-bond donors (Lipinski definition) is 0. The molecule has 1 aromatic heterocycles. The number of aryl methyl sites for hydroxylation is 1. The normalized spacial score (nSPS) is 16.6. The molecule has 1 heterocycles. The number of rotatable bonds is 9. The highest BCUT2D eigenvalue weighted by molar-refractivity contribution is 7.92. The van der Waals surface area contributed by atoms with Crippen molar-refractivity contribution >= 4 is 15.8 Å². The molecule has 7 nitrogen and oxygen atoms in total. The van der Waals surface area contributed by atoms with Gasteiger partial charge in [-0.15, -0.1) is 0 Å². The van der Waals surface area contributed by atoms with Crippen LogP contribution in [0.5, 0.6) is 0 Å². The van der Waals surface area contributed by atoms with E-state index in [0.29, 0.717) is 41.2 Å². The summed E-state index contributed by atoms with van der Waals surface area (Å²) in [4.78, 5) is 11.5. The maximum Gasteiger partial charge on any atom is 0.430 e. The minimum atomic E-state index is -6.23. The Morgan fingerprint density at radius 3 is 1.98 bits per heavy atom. The third kappa shape index (κ3) is 6.52. The zero-order valence-electron chi connectivity index (χ0n) is 27.8. The number of carbonyl (C=O) groups excluding carboxylic acids is 1. The Hall–Kier alpha value is -5.16. The van der Waals surface area contributed by atoms with E-state index in [9.17, 15) is 52.7 Å². The van der Waals surface area contributed by atoms with Gasteiger partial charge >= 0.3 is 18.3 Å². The van der Waals surface area contributed by atoms with Gasteiger partial charge in [0.1, 0.15) is 22.2 Å². The SMILES string of the molecule is COC(=O)c1ccc(-n2cc3c(n2)CCC(c2ccc(C(OCc4c(F)cccc4F)(C(F)(F)F)C(F)(F)F)cc2)(S(=O)(=O)c2ccc(F)cc2)C3)cc1. The van der Waals surface area contributed by atoms with Crippen molar-refractivity contribution in [1.29, 1.82) is 0 Å². The monoisotopic (exact) mass is 782 g/mol. The summed E-state index contributed by atoms with van der Waals surface area (Å²) in [6, 6.07) is 14.4. The van der Waals surface area contributed by atoms with E-state index in [1.165, 1.54) is 30.1 Å². The van der Waals surface area contributed by atoms with Gasteiger partial charge in [0.05, 0.1) is 35.6 Å². The quantitative estimate of drug-likeness (QED) is 0.0848. The van der Waals surface area contributed by atoms with E-state index in [4.69, 9.17) is 4.74 Å². The summed E-state index contributed by atoms with van der Waals surface area (Å²) in [6.45, 7) is -1.76. The van der Waals surface area contributed by atoms with Crippen molar-refractivity contribution in [3.63, 3.8) is 0 Å². The van der Waals surface area contributed by atoms with E-state index in [1.807, 2.05) is 0 Å². The number of nitrogens with zero attached hydrogens (tertiary/aromatic N) is 2. The van der Waals surface area contributed by atoms with E-state index in [1.54, 1.807) is 12.1 Å². The lowest BCUT2D eigenvalue weighted by molar-refractivity contribution is -0.392. The second kappa shape index (κ2) is 13.9. The predicted molar refractivity (Wildman–Crippen MR) is 174 cm³/mol. The molecule has 0 fully saturated rings. The molecule has 1 aliphatic carbocycles. The number of benzene rings is 4. The van der Waals surface area contributed by atoms with Crippen molar-refractivity contribution < 1.29 is 62.2 Å². The number of fused-ring (bicyclic) bond motifs is 1. The van der Waals surface area contributed by atoms with Gasteiger partial charge in [-0.2, -0.15) is 31.4 Å². The van der Waals surface area contributed by atoms with Gasteiger partial charge in [-0.05, 0) is 91.1 Å². The van der Waals surface area contributed by atoms with Gasteiger partial charge in [0.25, 0.3) is 5.60 Å². The highest BCUT2D eigenvalue weighted by atomic mass is 32.2. The van der Waals surface area contributed by atoms with Crippen molar-refractivity contribution in [2.45, 2.75) is 53.5 Å². The third-order valence-electron chi connectivity index (χ3n) is 9.42. The predicted octanol–water partition coefficient (Wildman–Crippen LogP) is 8.47. The summed E-state index contributed by atoms with van der Waals surface area (Å²) in [7, 11) is -3.37. The molecule has 0 saturated heterocycles. The molecule has 5 aromatic rings. The Morgan fingerprint density at radius 2 is 1.43 bits per heavy atom. The summed E-state index contributed by atoms with van der Waals surface area (Å²) in [5.41, 5.74) is -6.45. The van der Waals surface area contributed by atoms with Gasteiger partial charge in [-0.25, -0.2) is 31.1 Å². The highest BCUT2D eigenvalue weighted by Gasteiger charge is 2.73. The number of methoxy groups -OCH3 is 1. The van der Waals surface area contributed by atoms with Crippen LogP contribution >= 0.6 is 0 Å². The summed E-state index contributed by atoms with van der Waals surface area (Å²) < 4.78 is 168. The van der Waals surface area contributed by atoms with Gasteiger partial charge in [0.15, 0.2) is 9.84 Å².